The molecule has 2 N–H and O–H groups in total. The van der Waals surface area contributed by atoms with Gasteiger partial charge in [0.05, 0.1) is 22.7 Å². The average Bonchev–Trinajstić information content (AvgIpc) is 3.21. The lowest BCUT2D eigenvalue weighted by Crippen LogP contribution is -2.48. The number of hydrogen-bond donors (Lipinski definition) is 2. The number of aliphatic carboxylic acids is 1. The van der Waals surface area contributed by atoms with Crippen LogP contribution in [0.3, 0.4) is 0 Å². The molecule has 2 fully saturated rings. The van der Waals surface area contributed by atoms with Crippen molar-refractivity contribution in [2.75, 3.05) is 0 Å². The first-order valence-electron chi connectivity index (χ1n) is 9.24. The lowest BCUT2D eigenvalue weighted by molar-refractivity contribution is -0.138. The van der Waals surface area contributed by atoms with E-state index in [0.717, 1.165) is 31.5 Å². The van der Waals surface area contributed by atoms with E-state index in [1.54, 1.807) is 10.7 Å². The third-order valence-electron chi connectivity index (χ3n) is 5.29. The topological polar surface area (TPSA) is 97.1 Å². The first kappa shape index (κ1) is 18.0. The Kier molecular flexibility index (Phi) is 4.63. The van der Waals surface area contributed by atoms with E-state index in [4.69, 9.17) is 11.6 Å². The second kappa shape index (κ2) is 6.96. The molecular weight excluding hydrogens is 368 g/mol. The second-order valence-corrected chi connectivity index (χ2v) is 7.85. The highest BCUT2D eigenvalue weighted by Crippen LogP contribution is 2.40. The summed E-state index contributed by atoms with van der Waals surface area (Å²) in [4.78, 5) is 28.6. The van der Waals surface area contributed by atoms with Crippen LogP contribution in [-0.2, 0) is 4.79 Å². The van der Waals surface area contributed by atoms with E-state index in [1.807, 2.05) is 18.2 Å². The van der Waals surface area contributed by atoms with Gasteiger partial charge in [-0.15, -0.1) is 5.10 Å². The number of halogens is 1. The minimum Gasteiger partial charge on any atom is -0.481 e. The third kappa shape index (κ3) is 3.69. The zero-order valence-corrected chi connectivity index (χ0v) is 15.6. The van der Waals surface area contributed by atoms with Crippen molar-refractivity contribution < 1.29 is 14.7 Å². The fourth-order valence-corrected chi connectivity index (χ4v) is 4.03. The van der Waals surface area contributed by atoms with Gasteiger partial charge >= 0.3 is 5.97 Å². The Morgan fingerprint density at radius 3 is 2.59 bits per heavy atom. The zero-order valence-electron chi connectivity index (χ0n) is 14.8. The Morgan fingerprint density at radius 2 is 1.96 bits per heavy atom. The van der Waals surface area contributed by atoms with E-state index in [9.17, 15) is 14.7 Å². The molecular formula is C19H21ClN4O3. The molecule has 4 rings (SSSR count). The lowest BCUT2D eigenvalue weighted by atomic mass is 9.93. The number of carboxylic acids is 1. The first-order valence-corrected chi connectivity index (χ1v) is 9.61. The smallest absolute Gasteiger partial charge is 0.305 e. The summed E-state index contributed by atoms with van der Waals surface area (Å²) in [5.74, 6) is -0.272. The van der Waals surface area contributed by atoms with Crippen LogP contribution >= 0.6 is 11.6 Å². The van der Waals surface area contributed by atoms with Gasteiger partial charge < -0.3 is 10.4 Å². The first-order chi connectivity index (χ1) is 13.0. The van der Waals surface area contributed by atoms with Gasteiger partial charge in [0.1, 0.15) is 5.82 Å². The molecule has 7 nitrogen and oxygen atoms in total. The highest BCUT2D eigenvalue weighted by Gasteiger charge is 2.39. The number of hydrogen-bond acceptors (Lipinski definition) is 4. The Balaban J connectivity index is 1.64. The molecule has 0 atom stereocenters. The zero-order chi connectivity index (χ0) is 19.0. The quantitative estimate of drug-likeness (QED) is 0.791. The van der Waals surface area contributed by atoms with Gasteiger partial charge in [-0.1, -0.05) is 36.6 Å². The van der Waals surface area contributed by atoms with E-state index in [-0.39, 0.29) is 18.2 Å². The Morgan fingerprint density at radius 1 is 1.26 bits per heavy atom. The van der Waals surface area contributed by atoms with Gasteiger partial charge in [0.25, 0.3) is 5.91 Å². The number of rotatable bonds is 6. The highest BCUT2D eigenvalue weighted by molar-refractivity contribution is 6.32. The van der Waals surface area contributed by atoms with Crippen molar-refractivity contribution in [1.29, 1.82) is 0 Å². The van der Waals surface area contributed by atoms with Gasteiger partial charge in [-0.05, 0) is 37.8 Å². The number of carboxylic acid groups (broad SMARTS) is 1. The molecule has 8 heteroatoms. The summed E-state index contributed by atoms with van der Waals surface area (Å²) in [5.41, 5.74) is -0.0212. The van der Waals surface area contributed by atoms with E-state index in [2.05, 4.69) is 15.4 Å². The van der Waals surface area contributed by atoms with E-state index >= 15 is 0 Å². The van der Waals surface area contributed by atoms with Crippen molar-refractivity contribution in [2.45, 2.75) is 56.4 Å². The molecule has 1 aromatic carbocycles. The molecule has 2 aromatic rings. The Bertz CT molecular complexity index is 885. The van der Waals surface area contributed by atoms with Crippen LogP contribution in [0.4, 0.5) is 0 Å². The number of carbonyl (C=O) groups excluding carboxylic acids is 1. The highest BCUT2D eigenvalue weighted by atomic mass is 35.5. The van der Waals surface area contributed by atoms with Crippen LogP contribution in [0, 0.1) is 0 Å². The number of carbonyl (C=O) groups is 2. The van der Waals surface area contributed by atoms with Gasteiger partial charge in [0.15, 0.2) is 0 Å². The molecule has 1 amide bonds. The minimum atomic E-state index is -0.912. The number of benzene rings is 1. The summed E-state index contributed by atoms with van der Waals surface area (Å²) in [7, 11) is 0. The maximum Gasteiger partial charge on any atom is 0.305 e. The third-order valence-corrected chi connectivity index (χ3v) is 5.61. The molecule has 2 aliphatic carbocycles. The number of nitrogens with zero attached hydrogens (tertiary/aromatic N) is 3. The molecule has 142 valence electrons. The second-order valence-electron chi connectivity index (χ2n) is 7.44. The standard InChI is InChI=1S/C19H21ClN4O3/c20-13-5-1-2-6-14(13)24-17(12-7-8-12)21-16(23-24)18(27)22-19(11-15(25)26)9-3-4-10-19/h1-2,5-6,12H,3-4,7-11H2,(H,22,27)(H,25,26). The molecule has 0 spiro atoms. The van der Waals surface area contributed by atoms with Crippen LogP contribution in [0.1, 0.15) is 67.3 Å². The van der Waals surface area contributed by atoms with Crippen LogP contribution in [0.2, 0.25) is 5.02 Å². The van der Waals surface area contributed by atoms with Crippen molar-refractivity contribution in [3.63, 3.8) is 0 Å². The summed E-state index contributed by atoms with van der Waals surface area (Å²) in [6, 6.07) is 7.31. The molecule has 0 bridgehead atoms. The number of aromatic nitrogens is 3. The fraction of sp³-hybridized carbons (Fsp3) is 0.474. The molecule has 2 saturated carbocycles. The lowest BCUT2D eigenvalue weighted by Gasteiger charge is -2.27. The molecule has 0 radical (unpaired) electrons. The molecule has 1 aromatic heterocycles. The molecule has 27 heavy (non-hydrogen) atoms. The molecule has 2 aliphatic rings. The normalized spacial score (nSPS) is 18.4. The van der Waals surface area contributed by atoms with Crippen molar-refractivity contribution >= 4 is 23.5 Å². The van der Waals surface area contributed by atoms with Crippen molar-refractivity contribution in [3.05, 3.63) is 40.9 Å². The molecule has 0 saturated heterocycles. The number of amides is 1. The summed E-state index contributed by atoms with van der Waals surface area (Å²) < 4.78 is 1.65. The predicted octanol–water partition coefficient (Wildman–Crippen LogP) is 3.32. The van der Waals surface area contributed by atoms with Gasteiger partial charge in [-0.2, -0.15) is 0 Å². The van der Waals surface area contributed by atoms with Crippen molar-refractivity contribution in [3.8, 4) is 5.69 Å². The SMILES string of the molecule is O=C(O)CC1(NC(=O)c2nc(C3CC3)n(-c3ccccc3Cl)n2)CCCC1. The fourth-order valence-electron chi connectivity index (χ4n) is 3.81. The largest absolute Gasteiger partial charge is 0.481 e. The summed E-state index contributed by atoms with van der Waals surface area (Å²) >= 11 is 6.31. The van der Waals surface area contributed by atoms with Crippen molar-refractivity contribution in [1.82, 2.24) is 20.1 Å². The van der Waals surface area contributed by atoms with Crippen LogP contribution in [0.25, 0.3) is 5.69 Å². The summed E-state index contributed by atoms with van der Waals surface area (Å²) in [6.45, 7) is 0. The van der Waals surface area contributed by atoms with Crippen LogP contribution in [0.15, 0.2) is 24.3 Å². The van der Waals surface area contributed by atoms with E-state index in [0.29, 0.717) is 23.6 Å². The van der Waals surface area contributed by atoms with Gasteiger partial charge in [0, 0.05) is 5.92 Å². The predicted molar refractivity (Wildman–Crippen MR) is 99.3 cm³/mol. The van der Waals surface area contributed by atoms with E-state index in [1.165, 1.54) is 0 Å². The van der Waals surface area contributed by atoms with Crippen LogP contribution in [-0.4, -0.2) is 37.3 Å². The minimum absolute atomic E-state index is 0.0634. The van der Waals surface area contributed by atoms with Crippen LogP contribution < -0.4 is 5.32 Å². The summed E-state index contributed by atoms with van der Waals surface area (Å²) in [5, 5.41) is 17.1. The Labute approximate surface area is 161 Å². The van der Waals surface area contributed by atoms with Gasteiger partial charge in [-0.3, -0.25) is 9.59 Å². The monoisotopic (exact) mass is 388 g/mol. The maximum absolute atomic E-state index is 12.8. The number of para-hydroxylation sites is 1. The maximum atomic E-state index is 12.8. The molecule has 0 aliphatic heterocycles. The average molecular weight is 389 g/mol. The Hall–Kier alpha value is -2.41. The van der Waals surface area contributed by atoms with Crippen LogP contribution in [0.5, 0.6) is 0 Å². The van der Waals surface area contributed by atoms with E-state index < -0.39 is 17.4 Å². The number of nitrogens with one attached hydrogen (secondary N) is 1. The van der Waals surface area contributed by atoms with Crippen molar-refractivity contribution in [2.24, 2.45) is 0 Å². The van der Waals surface area contributed by atoms with Gasteiger partial charge in [-0.25, -0.2) is 9.67 Å². The van der Waals surface area contributed by atoms with Gasteiger partial charge in [0.2, 0.25) is 5.82 Å². The molecule has 0 unspecified atom stereocenters. The molecule has 1 heterocycles. The summed E-state index contributed by atoms with van der Waals surface area (Å²) in [6.07, 6.45) is 5.06.